The molecule has 0 spiro atoms. The number of rotatable bonds is 3. The summed E-state index contributed by atoms with van der Waals surface area (Å²) in [6.45, 7) is 4.33. The van der Waals surface area contributed by atoms with Crippen molar-refractivity contribution in [3.63, 3.8) is 0 Å². The molecule has 1 N–H and O–H groups in total. The normalized spacial score (nSPS) is 24.2. The molecule has 4 heteroatoms. The molecule has 1 aliphatic rings. The fourth-order valence-corrected chi connectivity index (χ4v) is 3.00. The summed E-state index contributed by atoms with van der Waals surface area (Å²) in [5.41, 5.74) is 1.77. The predicted octanol–water partition coefficient (Wildman–Crippen LogP) is 1.45. The van der Waals surface area contributed by atoms with E-state index in [0.717, 1.165) is 25.2 Å². The molecule has 0 aliphatic carbocycles. The van der Waals surface area contributed by atoms with Crippen molar-refractivity contribution in [2.24, 2.45) is 0 Å². The van der Waals surface area contributed by atoms with Crippen LogP contribution in [0.1, 0.15) is 18.9 Å². The fraction of sp³-hybridized carbons (Fsp3) is 0.533. The zero-order valence-corrected chi connectivity index (χ0v) is 11.6. The second-order valence-electron chi connectivity index (χ2n) is 5.31. The Bertz CT molecular complexity index is 469. The number of hydrogen-bond acceptors (Lipinski definition) is 4. The molecule has 0 bridgehead atoms. The number of nitriles is 1. The van der Waals surface area contributed by atoms with Gasteiger partial charge >= 0.3 is 0 Å². The van der Waals surface area contributed by atoms with E-state index in [-0.39, 0.29) is 6.61 Å². The maximum atomic E-state index is 9.26. The van der Waals surface area contributed by atoms with E-state index in [1.807, 2.05) is 24.3 Å². The summed E-state index contributed by atoms with van der Waals surface area (Å²) in [5.74, 6) is 0. The van der Waals surface area contributed by atoms with Gasteiger partial charge in [0.2, 0.25) is 0 Å². The third-order valence-electron chi connectivity index (χ3n) is 3.70. The number of anilines is 1. The summed E-state index contributed by atoms with van der Waals surface area (Å²) >= 11 is 0. The molecular formula is C15H21N3O. The van der Waals surface area contributed by atoms with Gasteiger partial charge in [-0.05, 0) is 38.6 Å². The quantitative estimate of drug-likeness (QED) is 0.892. The van der Waals surface area contributed by atoms with Crippen LogP contribution in [0.15, 0.2) is 24.3 Å². The van der Waals surface area contributed by atoms with Crippen molar-refractivity contribution < 1.29 is 5.11 Å². The lowest BCUT2D eigenvalue weighted by atomic mass is 10.0. The summed E-state index contributed by atoms with van der Waals surface area (Å²) in [5, 5.41) is 18.3. The second kappa shape index (κ2) is 6.05. The van der Waals surface area contributed by atoms with E-state index in [0.29, 0.717) is 17.6 Å². The molecule has 1 aliphatic heterocycles. The van der Waals surface area contributed by atoms with Crippen LogP contribution in [-0.2, 0) is 0 Å². The molecule has 1 saturated heterocycles. The van der Waals surface area contributed by atoms with Gasteiger partial charge in [0.1, 0.15) is 0 Å². The first-order valence-corrected chi connectivity index (χ1v) is 6.73. The van der Waals surface area contributed by atoms with Gasteiger partial charge in [0.15, 0.2) is 0 Å². The van der Waals surface area contributed by atoms with Crippen molar-refractivity contribution in [3.8, 4) is 6.07 Å². The Labute approximate surface area is 114 Å². The number of benzene rings is 1. The van der Waals surface area contributed by atoms with Crippen molar-refractivity contribution in [3.05, 3.63) is 29.8 Å². The lowest BCUT2D eigenvalue weighted by Crippen LogP contribution is -2.57. The van der Waals surface area contributed by atoms with E-state index >= 15 is 0 Å². The summed E-state index contributed by atoms with van der Waals surface area (Å²) in [7, 11) is 2.11. The second-order valence-corrected chi connectivity index (χ2v) is 5.31. The molecule has 1 heterocycles. The minimum atomic E-state index is 0.194. The average molecular weight is 259 g/mol. The van der Waals surface area contributed by atoms with Crippen LogP contribution in [0.5, 0.6) is 0 Å². The number of likely N-dealkylation sites (N-methyl/N-ethyl adjacent to an activating group) is 1. The first kappa shape index (κ1) is 13.9. The highest BCUT2D eigenvalue weighted by atomic mass is 16.3. The number of aliphatic hydroxyl groups excluding tert-OH is 1. The van der Waals surface area contributed by atoms with Gasteiger partial charge in [0, 0.05) is 37.5 Å². The monoisotopic (exact) mass is 259 g/mol. The van der Waals surface area contributed by atoms with Gasteiger partial charge in [0.25, 0.3) is 0 Å². The molecule has 1 aromatic rings. The molecular weight excluding hydrogens is 238 g/mol. The Morgan fingerprint density at radius 1 is 1.42 bits per heavy atom. The molecule has 0 amide bonds. The zero-order valence-electron chi connectivity index (χ0n) is 11.6. The highest BCUT2D eigenvalue weighted by molar-refractivity contribution is 5.53. The average Bonchev–Trinajstić information content (AvgIpc) is 2.38. The Morgan fingerprint density at radius 3 is 2.89 bits per heavy atom. The Kier molecular flexibility index (Phi) is 4.41. The summed E-state index contributed by atoms with van der Waals surface area (Å²) in [6, 6.07) is 10.6. The highest BCUT2D eigenvalue weighted by Gasteiger charge is 2.30. The SMILES string of the molecule is CC1CN(C)CC(CCO)N1c1cccc(C#N)c1. The lowest BCUT2D eigenvalue weighted by Gasteiger charge is -2.46. The van der Waals surface area contributed by atoms with Crippen LogP contribution in [0.2, 0.25) is 0 Å². The third kappa shape index (κ3) is 3.06. The molecule has 2 rings (SSSR count). The van der Waals surface area contributed by atoms with Gasteiger partial charge in [-0.25, -0.2) is 0 Å². The number of nitrogens with zero attached hydrogens (tertiary/aromatic N) is 3. The van der Waals surface area contributed by atoms with Crippen molar-refractivity contribution >= 4 is 5.69 Å². The van der Waals surface area contributed by atoms with Crippen LogP contribution in [-0.4, -0.2) is 48.8 Å². The van der Waals surface area contributed by atoms with Crippen LogP contribution in [0.25, 0.3) is 0 Å². The standard InChI is InChI=1S/C15H21N3O/c1-12-10-17(2)11-15(6-7-19)18(12)14-5-3-4-13(8-14)9-16/h3-5,8,12,15,19H,6-7,10-11H2,1-2H3. The van der Waals surface area contributed by atoms with E-state index < -0.39 is 0 Å². The lowest BCUT2D eigenvalue weighted by molar-refractivity contribution is 0.198. The van der Waals surface area contributed by atoms with Gasteiger partial charge < -0.3 is 14.9 Å². The van der Waals surface area contributed by atoms with Crippen LogP contribution < -0.4 is 4.90 Å². The van der Waals surface area contributed by atoms with Gasteiger partial charge in [0.05, 0.1) is 11.6 Å². The minimum absolute atomic E-state index is 0.194. The van der Waals surface area contributed by atoms with Crippen molar-refractivity contribution in [2.75, 3.05) is 31.6 Å². The van der Waals surface area contributed by atoms with E-state index in [2.05, 4.69) is 29.8 Å². The van der Waals surface area contributed by atoms with Crippen LogP contribution in [0, 0.1) is 11.3 Å². The number of hydrogen-bond donors (Lipinski definition) is 1. The molecule has 1 fully saturated rings. The van der Waals surface area contributed by atoms with Gasteiger partial charge in [-0.1, -0.05) is 6.07 Å². The predicted molar refractivity (Wildman–Crippen MR) is 76.1 cm³/mol. The molecule has 2 unspecified atom stereocenters. The largest absolute Gasteiger partial charge is 0.396 e. The highest BCUT2D eigenvalue weighted by Crippen LogP contribution is 2.26. The topological polar surface area (TPSA) is 50.5 Å². The minimum Gasteiger partial charge on any atom is -0.396 e. The molecule has 4 nitrogen and oxygen atoms in total. The van der Waals surface area contributed by atoms with Crippen molar-refractivity contribution in [1.29, 1.82) is 5.26 Å². The summed E-state index contributed by atoms with van der Waals surface area (Å²) in [4.78, 5) is 4.65. The Morgan fingerprint density at radius 2 is 2.21 bits per heavy atom. The van der Waals surface area contributed by atoms with E-state index in [1.54, 1.807) is 0 Å². The van der Waals surface area contributed by atoms with Crippen LogP contribution >= 0.6 is 0 Å². The Hall–Kier alpha value is -1.57. The first-order valence-electron chi connectivity index (χ1n) is 6.73. The number of piperazine rings is 1. The van der Waals surface area contributed by atoms with E-state index in [9.17, 15) is 5.11 Å². The maximum Gasteiger partial charge on any atom is 0.0992 e. The summed E-state index contributed by atoms with van der Waals surface area (Å²) in [6.07, 6.45) is 0.755. The summed E-state index contributed by atoms with van der Waals surface area (Å²) < 4.78 is 0. The number of aliphatic hydroxyl groups is 1. The van der Waals surface area contributed by atoms with E-state index in [4.69, 9.17) is 5.26 Å². The molecule has 1 aromatic carbocycles. The molecule has 0 aromatic heterocycles. The first-order chi connectivity index (χ1) is 9.15. The van der Waals surface area contributed by atoms with Crippen molar-refractivity contribution in [2.45, 2.75) is 25.4 Å². The molecule has 0 saturated carbocycles. The molecule has 19 heavy (non-hydrogen) atoms. The van der Waals surface area contributed by atoms with Gasteiger partial charge in [-0.15, -0.1) is 0 Å². The van der Waals surface area contributed by atoms with Gasteiger partial charge in [-0.3, -0.25) is 0 Å². The van der Waals surface area contributed by atoms with E-state index in [1.165, 1.54) is 0 Å². The molecule has 0 radical (unpaired) electrons. The molecule has 102 valence electrons. The van der Waals surface area contributed by atoms with Crippen molar-refractivity contribution in [1.82, 2.24) is 4.90 Å². The third-order valence-corrected chi connectivity index (χ3v) is 3.70. The van der Waals surface area contributed by atoms with Crippen LogP contribution in [0.4, 0.5) is 5.69 Å². The smallest absolute Gasteiger partial charge is 0.0992 e. The van der Waals surface area contributed by atoms with Gasteiger partial charge in [-0.2, -0.15) is 5.26 Å². The maximum absolute atomic E-state index is 9.26. The molecule has 2 atom stereocenters. The zero-order chi connectivity index (χ0) is 13.8. The fourth-order valence-electron chi connectivity index (χ4n) is 3.00. The Balaban J connectivity index is 2.29. The van der Waals surface area contributed by atoms with Crippen LogP contribution in [0.3, 0.4) is 0 Å².